The van der Waals surface area contributed by atoms with Crippen molar-refractivity contribution in [2.24, 2.45) is 5.73 Å². The van der Waals surface area contributed by atoms with Gasteiger partial charge < -0.3 is 5.73 Å². The van der Waals surface area contributed by atoms with Crippen LogP contribution < -0.4 is 5.73 Å². The van der Waals surface area contributed by atoms with E-state index >= 15 is 0 Å². The fourth-order valence-corrected chi connectivity index (χ4v) is 3.42. The molecule has 1 aromatic carbocycles. The van der Waals surface area contributed by atoms with Gasteiger partial charge in [0.05, 0.1) is 0 Å². The quantitative estimate of drug-likeness (QED) is 0.894. The number of aryl methyl sites for hydroxylation is 1. The van der Waals surface area contributed by atoms with Crippen molar-refractivity contribution < 1.29 is 0 Å². The van der Waals surface area contributed by atoms with E-state index < -0.39 is 0 Å². The molecule has 0 bridgehead atoms. The molecule has 0 saturated heterocycles. The molecule has 90 valence electrons. The van der Waals surface area contributed by atoms with Crippen LogP contribution in [0.1, 0.15) is 29.0 Å². The Morgan fingerprint density at radius 1 is 1.35 bits per heavy atom. The van der Waals surface area contributed by atoms with Crippen LogP contribution in [0.25, 0.3) is 0 Å². The minimum atomic E-state index is 0.110. The summed E-state index contributed by atoms with van der Waals surface area (Å²) >= 11 is 5.26. The van der Waals surface area contributed by atoms with E-state index in [2.05, 4.69) is 52.5 Å². The van der Waals surface area contributed by atoms with E-state index in [4.69, 9.17) is 5.73 Å². The van der Waals surface area contributed by atoms with Gasteiger partial charge in [0.1, 0.15) is 0 Å². The van der Waals surface area contributed by atoms with E-state index in [1.54, 1.807) is 11.3 Å². The van der Waals surface area contributed by atoms with Crippen molar-refractivity contribution in [1.82, 2.24) is 0 Å². The number of thiophene rings is 1. The molecule has 2 aromatic rings. The predicted molar refractivity (Wildman–Crippen MR) is 78.5 cm³/mol. The molecule has 0 aliphatic rings. The lowest BCUT2D eigenvalue weighted by molar-refractivity contribution is 0.728. The highest BCUT2D eigenvalue weighted by Gasteiger charge is 2.12. The average molecular weight is 310 g/mol. The van der Waals surface area contributed by atoms with Crippen molar-refractivity contribution >= 4 is 27.3 Å². The van der Waals surface area contributed by atoms with Crippen LogP contribution in [0.3, 0.4) is 0 Å². The van der Waals surface area contributed by atoms with E-state index in [9.17, 15) is 0 Å². The minimum absolute atomic E-state index is 0.110. The first-order valence-corrected chi connectivity index (χ1v) is 7.44. The van der Waals surface area contributed by atoms with Gasteiger partial charge >= 0.3 is 0 Å². The largest absolute Gasteiger partial charge is 0.323 e. The van der Waals surface area contributed by atoms with Crippen LogP contribution in [0.2, 0.25) is 0 Å². The Bertz CT molecular complexity index is 492. The maximum absolute atomic E-state index is 6.29. The van der Waals surface area contributed by atoms with E-state index in [0.29, 0.717) is 0 Å². The first-order chi connectivity index (χ1) is 8.20. The van der Waals surface area contributed by atoms with Crippen molar-refractivity contribution in [2.45, 2.75) is 25.8 Å². The molecule has 0 aliphatic carbocycles. The third kappa shape index (κ3) is 3.18. The van der Waals surface area contributed by atoms with Crippen molar-refractivity contribution in [2.75, 3.05) is 0 Å². The maximum Gasteiger partial charge on any atom is 0.0433 e. The lowest BCUT2D eigenvalue weighted by atomic mass is 10.0. The molecule has 0 radical (unpaired) electrons. The smallest absolute Gasteiger partial charge is 0.0433 e. The van der Waals surface area contributed by atoms with Gasteiger partial charge in [0.15, 0.2) is 0 Å². The molecule has 1 nitrogen and oxygen atoms in total. The lowest BCUT2D eigenvalue weighted by Gasteiger charge is -2.12. The first kappa shape index (κ1) is 12.8. The normalized spacial score (nSPS) is 12.6. The summed E-state index contributed by atoms with van der Waals surface area (Å²) < 4.78 is 1.11. The summed E-state index contributed by atoms with van der Waals surface area (Å²) in [5.41, 5.74) is 8.96. The second-order valence-electron chi connectivity index (χ2n) is 4.10. The van der Waals surface area contributed by atoms with Crippen LogP contribution in [0.5, 0.6) is 0 Å². The number of hydrogen-bond donors (Lipinski definition) is 1. The van der Waals surface area contributed by atoms with E-state index in [1.165, 1.54) is 16.0 Å². The third-order valence-electron chi connectivity index (χ3n) is 2.84. The topological polar surface area (TPSA) is 26.0 Å². The molecule has 3 heteroatoms. The van der Waals surface area contributed by atoms with Gasteiger partial charge in [-0.15, -0.1) is 11.3 Å². The minimum Gasteiger partial charge on any atom is -0.323 e. The summed E-state index contributed by atoms with van der Waals surface area (Å²) in [6.45, 7) is 2.18. The zero-order valence-corrected chi connectivity index (χ0v) is 12.2. The molecule has 0 saturated carbocycles. The van der Waals surface area contributed by atoms with E-state index in [0.717, 1.165) is 17.3 Å². The molecular weight excluding hydrogens is 294 g/mol. The summed E-state index contributed by atoms with van der Waals surface area (Å²) in [7, 11) is 0. The number of rotatable bonds is 4. The predicted octanol–water partition coefficient (Wildman–Crippen LogP) is 4.32. The van der Waals surface area contributed by atoms with Crippen LogP contribution in [0.15, 0.2) is 40.2 Å². The van der Waals surface area contributed by atoms with Crippen molar-refractivity contribution in [1.29, 1.82) is 0 Å². The van der Waals surface area contributed by atoms with Crippen molar-refractivity contribution in [3.8, 4) is 0 Å². The average Bonchev–Trinajstić information content (AvgIpc) is 2.77. The number of hydrogen-bond acceptors (Lipinski definition) is 2. The van der Waals surface area contributed by atoms with Crippen molar-refractivity contribution in [3.05, 3.63) is 56.2 Å². The second-order valence-corrected chi connectivity index (χ2v) is 5.97. The summed E-state index contributed by atoms with van der Waals surface area (Å²) in [5, 5.41) is 2.13. The Hall–Kier alpha value is -0.640. The van der Waals surface area contributed by atoms with Gasteiger partial charge in [-0.3, -0.25) is 0 Å². The van der Waals surface area contributed by atoms with Gasteiger partial charge in [0.2, 0.25) is 0 Å². The Morgan fingerprint density at radius 2 is 2.18 bits per heavy atom. The van der Waals surface area contributed by atoms with Crippen LogP contribution in [0.4, 0.5) is 0 Å². The van der Waals surface area contributed by atoms with Crippen LogP contribution in [-0.2, 0) is 12.8 Å². The molecular formula is C14H16BrNS. The standard InChI is InChI=1S/C14H16BrNS/c1-2-11-6-7-17-14(11)13(16)9-10-4-3-5-12(15)8-10/h3-8,13H,2,9,16H2,1H3. The molecule has 0 fully saturated rings. The van der Waals surface area contributed by atoms with Gasteiger partial charge in [-0.2, -0.15) is 0 Å². The van der Waals surface area contributed by atoms with E-state index in [1.807, 2.05) is 6.07 Å². The Balaban J connectivity index is 2.14. The molecule has 2 rings (SSSR count). The third-order valence-corrected chi connectivity index (χ3v) is 4.43. The molecule has 0 aliphatic heterocycles. The molecule has 1 heterocycles. The summed E-state index contributed by atoms with van der Waals surface area (Å²) in [5.74, 6) is 0. The summed E-state index contributed by atoms with van der Waals surface area (Å²) in [4.78, 5) is 1.33. The molecule has 2 N–H and O–H groups in total. The Kier molecular flexibility index (Phi) is 4.37. The number of benzene rings is 1. The van der Waals surface area contributed by atoms with Gasteiger partial charge in [0.25, 0.3) is 0 Å². The van der Waals surface area contributed by atoms with Crippen LogP contribution >= 0.6 is 27.3 Å². The molecule has 1 aromatic heterocycles. The fourth-order valence-electron chi connectivity index (χ4n) is 1.98. The SMILES string of the molecule is CCc1ccsc1C(N)Cc1cccc(Br)c1. The van der Waals surface area contributed by atoms with Crippen LogP contribution in [-0.4, -0.2) is 0 Å². The Morgan fingerprint density at radius 3 is 2.88 bits per heavy atom. The van der Waals surface area contributed by atoms with Gasteiger partial charge in [-0.05, 0) is 47.5 Å². The van der Waals surface area contributed by atoms with Gasteiger partial charge in [-0.25, -0.2) is 0 Å². The maximum atomic E-state index is 6.29. The molecule has 0 spiro atoms. The number of nitrogens with two attached hydrogens (primary N) is 1. The zero-order valence-electron chi connectivity index (χ0n) is 9.82. The Labute approximate surface area is 115 Å². The number of halogens is 1. The van der Waals surface area contributed by atoms with Crippen LogP contribution in [0, 0.1) is 0 Å². The van der Waals surface area contributed by atoms with Crippen molar-refractivity contribution in [3.63, 3.8) is 0 Å². The first-order valence-electron chi connectivity index (χ1n) is 5.77. The molecule has 1 unspecified atom stereocenters. The summed E-state index contributed by atoms with van der Waals surface area (Å²) in [6, 6.07) is 10.7. The van der Waals surface area contributed by atoms with Gasteiger partial charge in [0, 0.05) is 15.4 Å². The van der Waals surface area contributed by atoms with Gasteiger partial charge in [-0.1, -0.05) is 35.0 Å². The highest BCUT2D eigenvalue weighted by Crippen LogP contribution is 2.26. The fraction of sp³-hybridized carbons (Fsp3) is 0.286. The highest BCUT2D eigenvalue weighted by molar-refractivity contribution is 9.10. The monoisotopic (exact) mass is 309 g/mol. The van der Waals surface area contributed by atoms with E-state index in [-0.39, 0.29) is 6.04 Å². The zero-order chi connectivity index (χ0) is 12.3. The molecule has 1 atom stereocenters. The highest BCUT2D eigenvalue weighted by atomic mass is 79.9. The second kappa shape index (κ2) is 5.80. The molecule has 17 heavy (non-hydrogen) atoms. The molecule has 0 amide bonds. The lowest BCUT2D eigenvalue weighted by Crippen LogP contribution is -2.13. The summed E-state index contributed by atoms with van der Waals surface area (Å²) in [6.07, 6.45) is 1.96.